The van der Waals surface area contributed by atoms with Gasteiger partial charge in [0.15, 0.2) is 0 Å². The van der Waals surface area contributed by atoms with Gasteiger partial charge in [-0.1, -0.05) is 26.7 Å². The first kappa shape index (κ1) is 13.0. The molecule has 92 valence electrons. The molecule has 0 bridgehead atoms. The van der Waals surface area contributed by atoms with Crippen molar-refractivity contribution in [1.29, 1.82) is 0 Å². The van der Waals surface area contributed by atoms with Crippen molar-refractivity contribution >= 4 is 11.9 Å². The maximum absolute atomic E-state index is 11.6. The maximum atomic E-state index is 11.6. The summed E-state index contributed by atoms with van der Waals surface area (Å²) in [4.78, 5) is 24.5. The topological polar surface area (TPSA) is 57.6 Å². The van der Waals surface area contributed by atoms with Gasteiger partial charge in [0.1, 0.15) is 5.54 Å². The Labute approximate surface area is 96.6 Å². The molecule has 0 spiro atoms. The average molecular weight is 227 g/mol. The minimum atomic E-state index is -1.01. The molecule has 0 aliphatic heterocycles. The van der Waals surface area contributed by atoms with Gasteiger partial charge in [0, 0.05) is 14.0 Å². The van der Waals surface area contributed by atoms with Crippen LogP contribution in [0.4, 0.5) is 0 Å². The van der Waals surface area contributed by atoms with E-state index in [4.69, 9.17) is 0 Å². The zero-order chi connectivity index (χ0) is 12.5. The van der Waals surface area contributed by atoms with Gasteiger partial charge in [-0.2, -0.15) is 0 Å². The molecule has 1 N–H and O–H groups in total. The van der Waals surface area contributed by atoms with Crippen LogP contribution in [0.3, 0.4) is 0 Å². The molecule has 0 heterocycles. The number of likely N-dealkylation sites (N-methyl/N-ethyl adjacent to an activating group) is 1. The standard InChI is InChI=1S/C12H21NO3/c1-8-6-5-7-12(9(8)2,11(15)16)13(4)10(3)14/h8-9H,5-7H2,1-4H3,(H,15,16). The summed E-state index contributed by atoms with van der Waals surface area (Å²) >= 11 is 0. The van der Waals surface area contributed by atoms with E-state index >= 15 is 0 Å². The van der Waals surface area contributed by atoms with Crippen molar-refractivity contribution in [2.75, 3.05) is 7.05 Å². The molecule has 1 amide bonds. The molecule has 1 rings (SSSR count). The molecule has 3 unspecified atom stereocenters. The second-order valence-corrected chi connectivity index (χ2v) is 4.97. The Bertz CT molecular complexity index is 303. The minimum Gasteiger partial charge on any atom is -0.479 e. The van der Waals surface area contributed by atoms with Crippen molar-refractivity contribution in [2.24, 2.45) is 11.8 Å². The van der Waals surface area contributed by atoms with Gasteiger partial charge in [-0.25, -0.2) is 4.79 Å². The number of aliphatic carboxylic acids is 1. The number of amides is 1. The highest BCUT2D eigenvalue weighted by atomic mass is 16.4. The van der Waals surface area contributed by atoms with E-state index in [1.54, 1.807) is 7.05 Å². The highest BCUT2D eigenvalue weighted by molar-refractivity contribution is 5.86. The fraction of sp³-hybridized carbons (Fsp3) is 0.833. The zero-order valence-electron chi connectivity index (χ0n) is 10.5. The first-order chi connectivity index (χ1) is 7.34. The summed E-state index contributed by atoms with van der Waals surface area (Å²) in [5.74, 6) is -0.716. The Morgan fingerprint density at radius 2 is 1.94 bits per heavy atom. The van der Waals surface area contributed by atoms with E-state index in [9.17, 15) is 14.7 Å². The van der Waals surface area contributed by atoms with Crippen LogP contribution in [-0.2, 0) is 9.59 Å². The van der Waals surface area contributed by atoms with Crippen molar-refractivity contribution in [1.82, 2.24) is 4.90 Å². The third kappa shape index (κ3) is 1.81. The number of carboxylic acids is 1. The Morgan fingerprint density at radius 1 is 1.38 bits per heavy atom. The van der Waals surface area contributed by atoms with Gasteiger partial charge in [-0.05, 0) is 18.3 Å². The average Bonchev–Trinajstić information content (AvgIpc) is 2.20. The van der Waals surface area contributed by atoms with Gasteiger partial charge in [0.05, 0.1) is 0 Å². The molecule has 3 atom stereocenters. The van der Waals surface area contributed by atoms with Crippen LogP contribution in [0.2, 0.25) is 0 Å². The Kier molecular flexibility index (Phi) is 3.61. The lowest BCUT2D eigenvalue weighted by atomic mass is 9.67. The fourth-order valence-electron chi connectivity index (χ4n) is 2.84. The van der Waals surface area contributed by atoms with Crippen molar-refractivity contribution in [3.8, 4) is 0 Å². The summed E-state index contributed by atoms with van der Waals surface area (Å²) in [6.07, 6.45) is 2.47. The number of carbonyl (C=O) groups is 2. The molecular weight excluding hydrogens is 206 g/mol. The third-order valence-electron chi connectivity index (χ3n) is 4.27. The van der Waals surface area contributed by atoms with E-state index in [-0.39, 0.29) is 11.8 Å². The minimum absolute atomic E-state index is 0.00681. The molecule has 0 aromatic carbocycles. The SMILES string of the molecule is CC(=O)N(C)C1(C(=O)O)CCCC(C)C1C. The molecule has 1 saturated carbocycles. The summed E-state index contributed by atoms with van der Waals surface area (Å²) in [6.45, 7) is 5.43. The molecule has 4 heteroatoms. The molecule has 0 radical (unpaired) electrons. The van der Waals surface area contributed by atoms with Gasteiger partial charge in [-0.3, -0.25) is 4.79 Å². The summed E-state index contributed by atoms with van der Waals surface area (Å²) in [5.41, 5.74) is -1.01. The van der Waals surface area contributed by atoms with Crippen LogP contribution in [0, 0.1) is 11.8 Å². The first-order valence-electron chi connectivity index (χ1n) is 5.81. The highest BCUT2D eigenvalue weighted by Gasteiger charge is 2.51. The summed E-state index contributed by atoms with van der Waals surface area (Å²) in [6, 6.07) is 0. The lowest BCUT2D eigenvalue weighted by Gasteiger charge is -2.47. The van der Waals surface area contributed by atoms with Crippen LogP contribution >= 0.6 is 0 Å². The van der Waals surface area contributed by atoms with E-state index < -0.39 is 11.5 Å². The normalized spacial score (nSPS) is 34.5. The van der Waals surface area contributed by atoms with E-state index in [1.807, 2.05) is 6.92 Å². The van der Waals surface area contributed by atoms with Crippen LogP contribution in [0.25, 0.3) is 0 Å². The summed E-state index contributed by atoms with van der Waals surface area (Å²) in [7, 11) is 1.60. The molecule has 1 aliphatic rings. The van der Waals surface area contributed by atoms with Gasteiger partial charge in [0.25, 0.3) is 0 Å². The van der Waals surface area contributed by atoms with Gasteiger partial charge >= 0.3 is 5.97 Å². The van der Waals surface area contributed by atoms with Gasteiger partial charge in [-0.15, -0.1) is 0 Å². The van der Waals surface area contributed by atoms with E-state index in [1.165, 1.54) is 11.8 Å². The molecule has 16 heavy (non-hydrogen) atoms. The number of carboxylic acid groups (broad SMARTS) is 1. The van der Waals surface area contributed by atoms with Crippen molar-refractivity contribution in [3.05, 3.63) is 0 Å². The zero-order valence-corrected chi connectivity index (χ0v) is 10.5. The predicted octanol–water partition coefficient (Wildman–Crippen LogP) is 1.74. The van der Waals surface area contributed by atoms with Crippen LogP contribution in [0.5, 0.6) is 0 Å². The predicted molar refractivity (Wildman–Crippen MR) is 61.0 cm³/mol. The lowest BCUT2D eigenvalue weighted by Crippen LogP contribution is -2.61. The summed E-state index contributed by atoms with van der Waals surface area (Å²) < 4.78 is 0. The van der Waals surface area contributed by atoms with Crippen LogP contribution in [0.1, 0.15) is 40.0 Å². The monoisotopic (exact) mass is 227 g/mol. The molecular formula is C12H21NO3. The quantitative estimate of drug-likeness (QED) is 0.781. The molecule has 0 saturated heterocycles. The Balaban J connectivity index is 3.13. The lowest BCUT2D eigenvalue weighted by molar-refractivity contribution is -0.165. The molecule has 1 aliphatic carbocycles. The number of nitrogens with zero attached hydrogens (tertiary/aromatic N) is 1. The van der Waals surface area contributed by atoms with Crippen molar-refractivity contribution < 1.29 is 14.7 Å². The van der Waals surface area contributed by atoms with Gasteiger partial charge in [0.2, 0.25) is 5.91 Å². The highest BCUT2D eigenvalue weighted by Crippen LogP contribution is 2.41. The second kappa shape index (κ2) is 4.44. The maximum Gasteiger partial charge on any atom is 0.329 e. The van der Waals surface area contributed by atoms with Crippen molar-refractivity contribution in [3.63, 3.8) is 0 Å². The Hall–Kier alpha value is -1.06. The second-order valence-electron chi connectivity index (χ2n) is 4.97. The number of hydrogen-bond donors (Lipinski definition) is 1. The van der Waals surface area contributed by atoms with E-state index in [0.29, 0.717) is 12.3 Å². The third-order valence-corrected chi connectivity index (χ3v) is 4.27. The molecule has 4 nitrogen and oxygen atoms in total. The van der Waals surface area contributed by atoms with Gasteiger partial charge < -0.3 is 10.0 Å². The smallest absolute Gasteiger partial charge is 0.329 e. The van der Waals surface area contributed by atoms with Crippen LogP contribution in [0.15, 0.2) is 0 Å². The first-order valence-corrected chi connectivity index (χ1v) is 5.81. The number of rotatable bonds is 2. The van der Waals surface area contributed by atoms with Crippen molar-refractivity contribution in [2.45, 2.75) is 45.6 Å². The Morgan fingerprint density at radius 3 is 2.38 bits per heavy atom. The number of hydrogen-bond acceptors (Lipinski definition) is 2. The van der Waals surface area contributed by atoms with E-state index in [2.05, 4.69) is 6.92 Å². The molecule has 0 aromatic heterocycles. The van der Waals surface area contributed by atoms with Crippen LogP contribution in [-0.4, -0.2) is 34.5 Å². The largest absolute Gasteiger partial charge is 0.479 e. The number of carbonyl (C=O) groups excluding carboxylic acids is 1. The van der Waals surface area contributed by atoms with Crippen LogP contribution < -0.4 is 0 Å². The van der Waals surface area contributed by atoms with E-state index in [0.717, 1.165) is 12.8 Å². The molecule has 1 fully saturated rings. The fourth-order valence-corrected chi connectivity index (χ4v) is 2.84. The molecule has 0 aromatic rings. The summed E-state index contributed by atoms with van der Waals surface area (Å²) in [5, 5.41) is 9.50.